The number of nitrogens with zero attached hydrogens (tertiary/aromatic N) is 2. The summed E-state index contributed by atoms with van der Waals surface area (Å²) in [6.45, 7) is 0.813. The van der Waals surface area contributed by atoms with Crippen molar-refractivity contribution in [2.75, 3.05) is 6.54 Å². The van der Waals surface area contributed by atoms with Crippen LogP contribution in [-0.2, 0) is 0 Å². The predicted octanol–water partition coefficient (Wildman–Crippen LogP) is 5.17. The molecule has 2 aromatic rings. The summed E-state index contributed by atoms with van der Waals surface area (Å²) in [5.41, 5.74) is 3.66. The lowest BCUT2D eigenvalue weighted by atomic mass is 9.88. The van der Waals surface area contributed by atoms with E-state index in [1.807, 2.05) is 6.21 Å². The second kappa shape index (κ2) is 7.21. The first kappa shape index (κ1) is 18.2. The van der Waals surface area contributed by atoms with Crippen molar-refractivity contribution in [3.8, 4) is 11.1 Å². The van der Waals surface area contributed by atoms with Gasteiger partial charge in [0.1, 0.15) is 11.6 Å². The van der Waals surface area contributed by atoms with Gasteiger partial charge in [0.15, 0.2) is 0 Å². The summed E-state index contributed by atoms with van der Waals surface area (Å²) >= 11 is 0. The minimum Gasteiger partial charge on any atom is -0.332 e. The Labute approximate surface area is 168 Å². The van der Waals surface area contributed by atoms with Crippen LogP contribution in [0.3, 0.4) is 0 Å². The molecule has 2 aromatic carbocycles. The van der Waals surface area contributed by atoms with Crippen LogP contribution in [0.2, 0.25) is 0 Å². The number of aliphatic imine (C=N–C) groups is 1. The van der Waals surface area contributed by atoms with Gasteiger partial charge < -0.3 is 4.90 Å². The van der Waals surface area contributed by atoms with E-state index in [9.17, 15) is 13.6 Å². The lowest BCUT2D eigenvalue weighted by Crippen LogP contribution is -2.43. The summed E-state index contributed by atoms with van der Waals surface area (Å²) in [6, 6.07) is 11.0. The van der Waals surface area contributed by atoms with E-state index >= 15 is 0 Å². The van der Waals surface area contributed by atoms with Crippen LogP contribution in [0.5, 0.6) is 0 Å². The number of hydrogen-bond acceptors (Lipinski definition) is 2. The molecule has 3 nitrogen and oxygen atoms in total. The number of carbonyl (C=O) groups excluding carboxylic acids is 1. The van der Waals surface area contributed by atoms with Gasteiger partial charge in [-0.3, -0.25) is 9.79 Å². The number of amides is 1. The SMILES string of the molecule is O=C(c1ccc(-c2c(F)cccc2F)cc1)N(C1CC1)C1CCC2=C(C=NC2)C1. The molecule has 0 aromatic heterocycles. The highest BCUT2D eigenvalue weighted by molar-refractivity contribution is 5.95. The number of rotatable bonds is 4. The van der Waals surface area contributed by atoms with Gasteiger partial charge in [-0.05, 0) is 73.1 Å². The Bertz CT molecular complexity index is 1000. The molecule has 1 heterocycles. The molecule has 148 valence electrons. The number of halogens is 2. The number of hydrogen-bond donors (Lipinski definition) is 0. The van der Waals surface area contributed by atoms with Gasteiger partial charge in [-0.25, -0.2) is 8.78 Å². The van der Waals surface area contributed by atoms with Gasteiger partial charge in [0.25, 0.3) is 5.91 Å². The summed E-state index contributed by atoms with van der Waals surface area (Å²) < 4.78 is 28.1. The minimum absolute atomic E-state index is 0.0111. The highest BCUT2D eigenvalue weighted by Gasteiger charge is 2.39. The third-order valence-corrected chi connectivity index (χ3v) is 6.17. The monoisotopic (exact) mass is 392 g/mol. The van der Waals surface area contributed by atoms with Crippen LogP contribution in [0.1, 0.15) is 42.5 Å². The van der Waals surface area contributed by atoms with E-state index in [-0.39, 0.29) is 17.5 Å². The normalized spacial score (nSPS) is 20.7. The molecule has 0 bridgehead atoms. The summed E-state index contributed by atoms with van der Waals surface area (Å²) in [5.74, 6) is -1.20. The zero-order valence-corrected chi connectivity index (χ0v) is 16.1. The molecule has 1 fully saturated rings. The molecule has 1 unspecified atom stereocenters. The number of carbonyl (C=O) groups is 1. The Hall–Kier alpha value is -2.82. The number of benzene rings is 2. The summed E-state index contributed by atoms with van der Waals surface area (Å²) in [4.78, 5) is 19.8. The third kappa shape index (κ3) is 3.39. The quantitative estimate of drug-likeness (QED) is 0.707. The molecule has 29 heavy (non-hydrogen) atoms. The summed E-state index contributed by atoms with van der Waals surface area (Å²) in [5, 5.41) is 0. The fourth-order valence-corrected chi connectivity index (χ4v) is 4.51. The van der Waals surface area contributed by atoms with Crippen molar-refractivity contribution in [2.24, 2.45) is 4.99 Å². The molecule has 0 spiro atoms. The zero-order chi connectivity index (χ0) is 20.0. The van der Waals surface area contributed by atoms with Crippen LogP contribution in [0.25, 0.3) is 11.1 Å². The van der Waals surface area contributed by atoms with E-state index in [4.69, 9.17) is 0 Å². The molecular weight excluding hydrogens is 370 g/mol. The Kier molecular flexibility index (Phi) is 4.53. The Balaban J connectivity index is 1.40. The van der Waals surface area contributed by atoms with Crippen molar-refractivity contribution in [1.29, 1.82) is 0 Å². The van der Waals surface area contributed by atoms with E-state index in [0.717, 1.165) is 38.6 Å². The molecule has 1 aliphatic heterocycles. The molecule has 1 atom stereocenters. The summed E-state index contributed by atoms with van der Waals surface area (Å²) in [7, 11) is 0. The second-order valence-electron chi connectivity index (χ2n) is 8.11. The van der Waals surface area contributed by atoms with Crippen molar-refractivity contribution in [1.82, 2.24) is 4.90 Å². The maximum absolute atomic E-state index is 14.1. The van der Waals surface area contributed by atoms with E-state index in [1.165, 1.54) is 29.3 Å². The fourth-order valence-electron chi connectivity index (χ4n) is 4.51. The molecule has 2 aliphatic carbocycles. The van der Waals surface area contributed by atoms with E-state index in [1.54, 1.807) is 24.3 Å². The first-order valence-corrected chi connectivity index (χ1v) is 10.2. The van der Waals surface area contributed by atoms with Crippen LogP contribution >= 0.6 is 0 Å². The van der Waals surface area contributed by atoms with E-state index < -0.39 is 11.6 Å². The van der Waals surface area contributed by atoms with Crippen LogP contribution in [0, 0.1) is 11.6 Å². The van der Waals surface area contributed by atoms with Crippen molar-refractivity contribution >= 4 is 12.1 Å². The first-order chi connectivity index (χ1) is 14.1. The molecule has 1 amide bonds. The third-order valence-electron chi connectivity index (χ3n) is 6.17. The van der Waals surface area contributed by atoms with Gasteiger partial charge in [-0.2, -0.15) is 0 Å². The van der Waals surface area contributed by atoms with Gasteiger partial charge in [-0.1, -0.05) is 18.2 Å². The van der Waals surface area contributed by atoms with Crippen LogP contribution < -0.4 is 0 Å². The topological polar surface area (TPSA) is 32.7 Å². The van der Waals surface area contributed by atoms with Gasteiger partial charge in [0, 0.05) is 23.9 Å². The molecule has 3 aliphatic rings. The first-order valence-electron chi connectivity index (χ1n) is 10.2. The maximum atomic E-state index is 14.1. The highest BCUT2D eigenvalue weighted by Crippen LogP contribution is 2.37. The highest BCUT2D eigenvalue weighted by atomic mass is 19.1. The standard InChI is InChI=1S/C24H22F2N2O/c25-21-2-1-3-22(26)23(21)15-4-6-16(7-5-15)24(29)28(19-10-11-19)20-9-8-17-13-27-14-18(17)12-20/h1-7,14,19-20H,8-13H2. The van der Waals surface area contributed by atoms with Gasteiger partial charge in [0.2, 0.25) is 0 Å². The van der Waals surface area contributed by atoms with Crippen molar-refractivity contribution in [3.05, 3.63) is 70.8 Å². The summed E-state index contributed by atoms with van der Waals surface area (Å²) in [6.07, 6.45) is 6.90. The van der Waals surface area contributed by atoms with Crippen molar-refractivity contribution < 1.29 is 13.6 Å². The smallest absolute Gasteiger partial charge is 0.254 e. The molecule has 5 rings (SSSR count). The van der Waals surface area contributed by atoms with Crippen molar-refractivity contribution in [2.45, 2.75) is 44.2 Å². The average Bonchev–Trinajstić information content (AvgIpc) is 3.44. The Morgan fingerprint density at radius 1 is 0.966 bits per heavy atom. The lowest BCUT2D eigenvalue weighted by Gasteiger charge is -2.35. The van der Waals surface area contributed by atoms with Crippen LogP contribution in [0.15, 0.2) is 58.6 Å². The minimum atomic E-state index is -0.604. The fraction of sp³-hybridized carbons (Fsp3) is 0.333. The van der Waals surface area contributed by atoms with Gasteiger partial charge >= 0.3 is 0 Å². The Morgan fingerprint density at radius 3 is 2.38 bits per heavy atom. The van der Waals surface area contributed by atoms with Crippen LogP contribution in [-0.4, -0.2) is 35.7 Å². The van der Waals surface area contributed by atoms with Crippen molar-refractivity contribution in [3.63, 3.8) is 0 Å². The molecule has 5 heteroatoms. The molecular formula is C24H22F2N2O. The molecule has 0 radical (unpaired) electrons. The molecule has 0 saturated heterocycles. The van der Waals surface area contributed by atoms with Gasteiger partial charge in [0.05, 0.1) is 12.1 Å². The zero-order valence-electron chi connectivity index (χ0n) is 16.1. The predicted molar refractivity (Wildman–Crippen MR) is 109 cm³/mol. The molecule has 1 saturated carbocycles. The average molecular weight is 392 g/mol. The second-order valence-corrected chi connectivity index (χ2v) is 8.11. The van der Waals surface area contributed by atoms with Gasteiger partial charge in [-0.15, -0.1) is 0 Å². The Morgan fingerprint density at radius 2 is 1.69 bits per heavy atom. The lowest BCUT2D eigenvalue weighted by molar-refractivity contribution is 0.0645. The van der Waals surface area contributed by atoms with E-state index in [0.29, 0.717) is 17.2 Å². The van der Waals surface area contributed by atoms with E-state index in [2.05, 4.69) is 9.89 Å². The maximum Gasteiger partial charge on any atom is 0.254 e. The molecule has 0 N–H and O–H groups in total. The largest absolute Gasteiger partial charge is 0.332 e. The van der Waals surface area contributed by atoms with Crippen LogP contribution in [0.4, 0.5) is 8.78 Å².